The first-order chi connectivity index (χ1) is 13.1. The molecule has 2 aromatic heterocycles. The van der Waals surface area contributed by atoms with Crippen molar-refractivity contribution >= 4 is 16.9 Å². The van der Waals surface area contributed by atoms with Crippen molar-refractivity contribution in [3.05, 3.63) is 53.2 Å². The normalized spacial score (nSPS) is 17.6. The highest BCUT2D eigenvalue weighted by Gasteiger charge is 2.30. The quantitative estimate of drug-likeness (QED) is 0.675. The molecule has 5 nitrogen and oxygen atoms in total. The molecule has 4 rings (SSSR count). The van der Waals surface area contributed by atoms with Crippen molar-refractivity contribution in [2.24, 2.45) is 0 Å². The lowest BCUT2D eigenvalue weighted by Gasteiger charge is -2.32. The second kappa shape index (κ2) is 7.22. The molecule has 0 saturated carbocycles. The van der Waals surface area contributed by atoms with Crippen LogP contribution in [0.1, 0.15) is 59.8 Å². The van der Waals surface area contributed by atoms with Gasteiger partial charge in [0, 0.05) is 25.6 Å². The number of aryl methyl sites for hydroxylation is 3. The molecule has 0 spiro atoms. The summed E-state index contributed by atoms with van der Waals surface area (Å²) in [6.45, 7) is 8.42. The number of para-hydroxylation sites is 2. The van der Waals surface area contributed by atoms with Crippen LogP contribution in [-0.2, 0) is 6.54 Å². The first kappa shape index (κ1) is 17.8. The molecule has 0 N–H and O–H groups in total. The van der Waals surface area contributed by atoms with E-state index in [1.165, 1.54) is 5.52 Å². The Morgan fingerprint density at radius 2 is 2.11 bits per heavy atom. The number of rotatable bonds is 4. The Morgan fingerprint density at radius 3 is 2.85 bits per heavy atom. The molecule has 1 atom stereocenters. The number of furan rings is 1. The van der Waals surface area contributed by atoms with Crippen LogP contribution in [0.3, 0.4) is 0 Å². The summed E-state index contributed by atoms with van der Waals surface area (Å²) < 4.78 is 7.91. The lowest BCUT2D eigenvalue weighted by Crippen LogP contribution is -2.39. The summed E-state index contributed by atoms with van der Waals surface area (Å²) in [6, 6.07) is 10.2. The van der Waals surface area contributed by atoms with Crippen LogP contribution in [0.5, 0.6) is 0 Å². The first-order valence-electron chi connectivity index (χ1n) is 9.90. The summed E-state index contributed by atoms with van der Waals surface area (Å²) in [7, 11) is 0. The van der Waals surface area contributed by atoms with E-state index in [0.29, 0.717) is 11.3 Å². The second-order valence-electron chi connectivity index (χ2n) is 7.53. The number of benzene rings is 1. The van der Waals surface area contributed by atoms with Crippen LogP contribution in [0.2, 0.25) is 0 Å². The van der Waals surface area contributed by atoms with Crippen molar-refractivity contribution in [3.63, 3.8) is 0 Å². The molecule has 5 heteroatoms. The lowest BCUT2D eigenvalue weighted by atomic mass is 9.96. The minimum Gasteiger partial charge on any atom is -0.466 e. The number of aromatic nitrogens is 2. The van der Waals surface area contributed by atoms with Gasteiger partial charge in [0.2, 0.25) is 0 Å². The predicted molar refractivity (Wildman–Crippen MR) is 106 cm³/mol. The molecule has 0 radical (unpaired) electrons. The number of imidazole rings is 1. The number of piperidine rings is 1. The lowest BCUT2D eigenvalue weighted by molar-refractivity contribution is 0.0701. The molecular formula is C22H27N3O2. The van der Waals surface area contributed by atoms with Crippen molar-refractivity contribution in [2.45, 2.75) is 52.5 Å². The Labute approximate surface area is 160 Å². The molecule has 1 aliphatic rings. The van der Waals surface area contributed by atoms with Gasteiger partial charge in [0.15, 0.2) is 0 Å². The molecule has 1 amide bonds. The third-order valence-electron chi connectivity index (χ3n) is 5.48. The van der Waals surface area contributed by atoms with Gasteiger partial charge in [-0.3, -0.25) is 4.79 Å². The van der Waals surface area contributed by atoms with Crippen LogP contribution in [-0.4, -0.2) is 33.4 Å². The summed E-state index contributed by atoms with van der Waals surface area (Å²) in [5.74, 6) is 2.96. The number of fused-ring (bicyclic) bond motifs is 1. The Hall–Kier alpha value is -2.56. The maximum Gasteiger partial charge on any atom is 0.257 e. The largest absolute Gasteiger partial charge is 0.466 e. The van der Waals surface area contributed by atoms with E-state index in [0.717, 1.165) is 56.0 Å². The Bertz CT molecular complexity index is 969. The molecule has 1 unspecified atom stereocenters. The average molecular weight is 365 g/mol. The van der Waals surface area contributed by atoms with E-state index in [1.807, 2.05) is 30.9 Å². The molecule has 27 heavy (non-hydrogen) atoms. The number of carbonyl (C=O) groups excluding carboxylic acids is 1. The van der Waals surface area contributed by atoms with E-state index in [2.05, 4.69) is 29.7 Å². The van der Waals surface area contributed by atoms with Gasteiger partial charge < -0.3 is 13.9 Å². The zero-order chi connectivity index (χ0) is 19.0. The highest BCUT2D eigenvalue weighted by atomic mass is 16.3. The monoisotopic (exact) mass is 365 g/mol. The van der Waals surface area contributed by atoms with Crippen molar-refractivity contribution in [2.75, 3.05) is 13.1 Å². The minimum absolute atomic E-state index is 0.0761. The van der Waals surface area contributed by atoms with Gasteiger partial charge in [-0.2, -0.15) is 0 Å². The molecule has 1 aromatic carbocycles. The van der Waals surface area contributed by atoms with E-state index in [9.17, 15) is 4.79 Å². The smallest absolute Gasteiger partial charge is 0.257 e. The highest BCUT2D eigenvalue weighted by molar-refractivity contribution is 5.95. The van der Waals surface area contributed by atoms with Gasteiger partial charge in [-0.25, -0.2) is 4.98 Å². The van der Waals surface area contributed by atoms with E-state index in [4.69, 9.17) is 9.40 Å². The summed E-state index contributed by atoms with van der Waals surface area (Å²) in [4.78, 5) is 20.0. The van der Waals surface area contributed by atoms with Crippen molar-refractivity contribution in [3.8, 4) is 0 Å². The van der Waals surface area contributed by atoms with E-state index < -0.39 is 0 Å². The molecule has 1 aliphatic heterocycles. The Balaban J connectivity index is 1.63. The summed E-state index contributed by atoms with van der Waals surface area (Å²) in [5, 5.41) is 0. The van der Waals surface area contributed by atoms with Gasteiger partial charge in [0.05, 0.1) is 16.6 Å². The number of hydrogen-bond acceptors (Lipinski definition) is 3. The van der Waals surface area contributed by atoms with Crippen molar-refractivity contribution < 1.29 is 9.21 Å². The second-order valence-corrected chi connectivity index (χ2v) is 7.53. The fourth-order valence-electron chi connectivity index (χ4n) is 4.25. The van der Waals surface area contributed by atoms with E-state index >= 15 is 0 Å². The maximum absolute atomic E-state index is 13.0. The number of nitrogens with zero attached hydrogens (tertiary/aromatic N) is 3. The van der Waals surface area contributed by atoms with Gasteiger partial charge in [-0.1, -0.05) is 19.1 Å². The van der Waals surface area contributed by atoms with Crippen molar-refractivity contribution in [1.82, 2.24) is 14.5 Å². The Morgan fingerprint density at radius 1 is 1.30 bits per heavy atom. The number of amides is 1. The predicted octanol–water partition coefficient (Wildman–Crippen LogP) is 4.68. The van der Waals surface area contributed by atoms with E-state index in [1.54, 1.807) is 0 Å². The summed E-state index contributed by atoms with van der Waals surface area (Å²) in [6.07, 6.45) is 3.14. The zero-order valence-electron chi connectivity index (χ0n) is 16.4. The van der Waals surface area contributed by atoms with Crippen LogP contribution < -0.4 is 0 Å². The zero-order valence-corrected chi connectivity index (χ0v) is 16.4. The molecule has 3 heterocycles. The summed E-state index contributed by atoms with van der Waals surface area (Å²) >= 11 is 0. The SMILES string of the molecule is CCCn1c(C2CCCN(C(=O)c3cc(C)oc3C)C2)nc2ccccc21. The van der Waals surface area contributed by atoms with Crippen LogP contribution in [0.25, 0.3) is 11.0 Å². The van der Waals surface area contributed by atoms with Crippen LogP contribution in [0, 0.1) is 13.8 Å². The number of likely N-dealkylation sites (tertiary alicyclic amines) is 1. The highest BCUT2D eigenvalue weighted by Crippen LogP contribution is 2.30. The fraction of sp³-hybridized carbons (Fsp3) is 0.455. The molecule has 1 saturated heterocycles. The molecule has 3 aromatic rings. The Kier molecular flexibility index (Phi) is 4.77. The molecule has 142 valence electrons. The molecule has 0 bridgehead atoms. The third-order valence-corrected chi connectivity index (χ3v) is 5.48. The van der Waals surface area contributed by atoms with Crippen LogP contribution >= 0.6 is 0 Å². The maximum atomic E-state index is 13.0. The van der Waals surface area contributed by atoms with Gasteiger partial charge in [-0.15, -0.1) is 0 Å². The fourth-order valence-corrected chi connectivity index (χ4v) is 4.25. The van der Waals surface area contributed by atoms with Gasteiger partial charge in [-0.05, 0) is 51.3 Å². The first-order valence-corrected chi connectivity index (χ1v) is 9.90. The van der Waals surface area contributed by atoms with Gasteiger partial charge in [0.25, 0.3) is 5.91 Å². The van der Waals surface area contributed by atoms with Gasteiger partial charge >= 0.3 is 0 Å². The average Bonchev–Trinajstić information content (AvgIpc) is 3.21. The molecule has 1 fully saturated rings. The van der Waals surface area contributed by atoms with Crippen LogP contribution in [0.4, 0.5) is 0 Å². The number of hydrogen-bond donors (Lipinski definition) is 0. The molecule has 0 aliphatic carbocycles. The third kappa shape index (κ3) is 3.27. The van der Waals surface area contributed by atoms with Gasteiger partial charge in [0.1, 0.15) is 17.3 Å². The van der Waals surface area contributed by atoms with Crippen molar-refractivity contribution in [1.29, 1.82) is 0 Å². The number of carbonyl (C=O) groups is 1. The molecular weight excluding hydrogens is 338 g/mol. The van der Waals surface area contributed by atoms with Crippen LogP contribution in [0.15, 0.2) is 34.7 Å². The van der Waals surface area contributed by atoms with E-state index in [-0.39, 0.29) is 11.8 Å². The topological polar surface area (TPSA) is 51.3 Å². The summed E-state index contributed by atoms with van der Waals surface area (Å²) in [5.41, 5.74) is 2.93. The standard InChI is InChI=1S/C22H27N3O2/c1-4-11-25-20-10-6-5-9-19(20)23-21(25)17-8-7-12-24(14-17)22(26)18-13-15(2)27-16(18)3/h5-6,9-10,13,17H,4,7-8,11-12,14H2,1-3H3. The minimum atomic E-state index is 0.0761.